The quantitative estimate of drug-likeness (QED) is 0.701. The van der Waals surface area contributed by atoms with Crippen molar-refractivity contribution in [2.24, 2.45) is 5.92 Å². The number of hydrogen-bond acceptors (Lipinski definition) is 4. The average Bonchev–Trinajstić information content (AvgIpc) is 3.23. The van der Waals surface area contributed by atoms with Crippen LogP contribution in [0.15, 0.2) is 46.9 Å². The minimum Gasteiger partial charge on any atom is -0.330 e. The molecule has 3 heterocycles. The molecule has 5 nitrogen and oxygen atoms in total. The first kappa shape index (κ1) is 16.8. The largest absolute Gasteiger partial charge is 0.330 e. The molecular formula is C18H21N3O2S2. The smallest absolute Gasteiger partial charge is 0.252 e. The lowest BCUT2D eigenvalue weighted by molar-refractivity contribution is 0.255. The molecule has 0 amide bonds. The van der Waals surface area contributed by atoms with Gasteiger partial charge in [0.25, 0.3) is 10.0 Å². The number of thiophene rings is 1. The monoisotopic (exact) mass is 375 g/mol. The molecule has 4 rings (SSSR count). The Kier molecular flexibility index (Phi) is 4.39. The lowest BCUT2D eigenvalue weighted by atomic mass is 9.98. The third-order valence-corrected chi connectivity index (χ3v) is 8.23. The van der Waals surface area contributed by atoms with E-state index < -0.39 is 10.0 Å². The average molecular weight is 376 g/mol. The van der Waals surface area contributed by atoms with Gasteiger partial charge in [-0.1, -0.05) is 12.1 Å². The van der Waals surface area contributed by atoms with Crippen molar-refractivity contribution in [1.29, 1.82) is 0 Å². The van der Waals surface area contributed by atoms with E-state index in [-0.39, 0.29) is 0 Å². The molecule has 2 aromatic heterocycles. The number of hydrogen-bond donors (Lipinski definition) is 0. The Labute approximate surface area is 152 Å². The first-order valence-corrected chi connectivity index (χ1v) is 10.8. The van der Waals surface area contributed by atoms with E-state index >= 15 is 0 Å². The van der Waals surface area contributed by atoms with Crippen molar-refractivity contribution in [2.45, 2.75) is 30.5 Å². The zero-order valence-corrected chi connectivity index (χ0v) is 15.8. The van der Waals surface area contributed by atoms with E-state index in [0.717, 1.165) is 35.3 Å². The topological polar surface area (TPSA) is 55.2 Å². The van der Waals surface area contributed by atoms with Gasteiger partial charge < -0.3 is 4.57 Å². The molecule has 0 unspecified atom stereocenters. The van der Waals surface area contributed by atoms with Gasteiger partial charge in [-0.3, -0.25) is 0 Å². The first-order valence-electron chi connectivity index (χ1n) is 8.50. The fraction of sp³-hybridized carbons (Fsp3) is 0.389. The van der Waals surface area contributed by atoms with E-state index in [4.69, 9.17) is 0 Å². The maximum atomic E-state index is 12.7. The van der Waals surface area contributed by atoms with Crippen LogP contribution in [0.4, 0.5) is 0 Å². The lowest BCUT2D eigenvalue weighted by Crippen LogP contribution is -2.39. The second kappa shape index (κ2) is 6.55. The number of imidazole rings is 1. The van der Waals surface area contributed by atoms with E-state index in [0.29, 0.717) is 23.2 Å². The summed E-state index contributed by atoms with van der Waals surface area (Å²) in [7, 11) is -3.33. The molecule has 7 heteroatoms. The molecule has 0 spiro atoms. The molecule has 0 radical (unpaired) electrons. The number of rotatable bonds is 4. The van der Waals surface area contributed by atoms with Gasteiger partial charge in [0.05, 0.1) is 17.4 Å². The summed E-state index contributed by atoms with van der Waals surface area (Å²) in [6.45, 7) is 4.02. The van der Waals surface area contributed by atoms with Gasteiger partial charge in [0, 0.05) is 24.5 Å². The summed E-state index contributed by atoms with van der Waals surface area (Å²) in [6, 6.07) is 11.7. The highest BCUT2D eigenvalue weighted by Gasteiger charge is 2.30. The number of aromatic nitrogens is 2. The first-order chi connectivity index (χ1) is 12.0. The second-order valence-electron chi connectivity index (χ2n) is 6.60. The van der Waals surface area contributed by atoms with E-state index in [9.17, 15) is 8.42 Å². The highest BCUT2D eigenvalue weighted by Crippen LogP contribution is 2.29. The van der Waals surface area contributed by atoms with Gasteiger partial charge in [-0.2, -0.15) is 4.31 Å². The molecule has 0 N–H and O–H groups in total. The number of nitrogens with zero attached hydrogens (tertiary/aromatic N) is 3. The highest BCUT2D eigenvalue weighted by atomic mass is 32.2. The molecule has 1 saturated heterocycles. The van der Waals surface area contributed by atoms with Gasteiger partial charge in [-0.25, -0.2) is 13.4 Å². The van der Waals surface area contributed by atoms with Crippen LogP contribution in [0.1, 0.15) is 17.7 Å². The molecule has 0 aliphatic carbocycles. The molecule has 132 valence electrons. The van der Waals surface area contributed by atoms with Crippen LogP contribution in [-0.4, -0.2) is 35.4 Å². The van der Waals surface area contributed by atoms with Gasteiger partial charge in [0.1, 0.15) is 4.21 Å². The van der Waals surface area contributed by atoms with Crippen LogP contribution < -0.4 is 0 Å². The van der Waals surface area contributed by atoms with Gasteiger partial charge in [-0.15, -0.1) is 11.3 Å². The molecule has 1 aliphatic rings. The summed E-state index contributed by atoms with van der Waals surface area (Å²) < 4.78 is 29.7. The van der Waals surface area contributed by atoms with Crippen LogP contribution in [-0.2, 0) is 16.6 Å². The molecule has 1 fully saturated rings. The molecule has 3 aromatic rings. The van der Waals surface area contributed by atoms with Crippen LogP contribution >= 0.6 is 11.3 Å². The third-order valence-electron chi connectivity index (χ3n) is 4.87. The Balaban J connectivity index is 1.43. The van der Waals surface area contributed by atoms with Crippen molar-refractivity contribution in [3.05, 3.63) is 47.6 Å². The molecule has 25 heavy (non-hydrogen) atoms. The van der Waals surface area contributed by atoms with Crippen molar-refractivity contribution in [2.75, 3.05) is 13.1 Å². The molecule has 0 bridgehead atoms. The Bertz CT molecular complexity index is 983. The third kappa shape index (κ3) is 3.23. The number of fused-ring (bicyclic) bond motifs is 1. The lowest BCUT2D eigenvalue weighted by Gasteiger charge is -2.31. The Morgan fingerprint density at radius 1 is 1.16 bits per heavy atom. The normalized spacial score (nSPS) is 17.3. The summed E-state index contributed by atoms with van der Waals surface area (Å²) in [5.41, 5.74) is 2.15. The fourth-order valence-electron chi connectivity index (χ4n) is 3.44. The minimum atomic E-state index is -3.33. The molecular weight excluding hydrogens is 354 g/mol. The van der Waals surface area contributed by atoms with E-state index in [1.807, 2.05) is 37.5 Å². The SMILES string of the molecule is Cc1ccc(S(=O)(=O)N2CCC(Cn3cnc4ccccc43)CC2)s1. The van der Waals surface area contributed by atoms with Crippen LogP contribution in [0.2, 0.25) is 0 Å². The summed E-state index contributed by atoms with van der Waals surface area (Å²) in [6.07, 6.45) is 3.66. The summed E-state index contributed by atoms with van der Waals surface area (Å²) in [5.74, 6) is 0.481. The highest BCUT2D eigenvalue weighted by molar-refractivity contribution is 7.91. The van der Waals surface area contributed by atoms with Crippen LogP contribution in [0.25, 0.3) is 11.0 Å². The van der Waals surface area contributed by atoms with Crippen LogP contribution in [0.5, 0.6) is 0 Å². The standard InChI is InChI=1S/C18H21N3O2S2/c1-14-6-7-18(24-14)25(22,23)21-10-8-15(9-11-21)12-20-13-19-16-4-2-3-5-17(16)20/h2-7,13,15H,8-12H2,1H3. The predicted octanol–water partition coefficient (Wildman–Crippen LogP) is 3.51. The fourth-order valence-corrected chi connectivity index (χ4v) is 6.35. The van der Waals surface area contributed by atoms with Gasteiger partial charge in [-0.05, 0) is 49.9 Å². The van der Waals surface area contributed by atoms with Crippen LogP contribution in [0.3, 0.4) is 0 Å². The molecule has 1 aliphatic heterocycles. The van der Waals surface area contributed by atoms with E-state index in [2.05, 4.69) is 15.6 Å². The predicted molar refractivity (Wildman–Crippen MR) is 100 cm³/mol. The Hall–Kier alpha value is -1.70. The van der Waals surface area contributed by atoms with Crippen molar-refractivity contribution in [3.8, 4) is 0 Å². The van der Waals surface area contributed by atoms with E-state index in [1.165, 1.54) is 11.3 Å². The van der Waals surface area contributed by atoms with Gasteiger partial charge in [0.15, 0.2) is 0 Å². The van der Waals surface area contributed by atoms with Crippen molar-refractivity contribution < 1.29 is 8.42 Å². The van der Waals surface area contributed by atoms with Crippen molar-refractivity contribution in [3.63, 3.8) is 0 Å². The minimum absolute atomic E-state index is 0.462. The van der Waals surface area contributed by atoms with Crippen molar-refractivity contribution in [1.82, 2.24) is 13.9 Å². The summed E-state index contributed by atoms with van der Waals surface area (Å²) in [5, 5.41) is 0. The van der Waals surface area contributed by atoms with E-state index in [1.54, 1.807) is 10.4 Å². The maximum absolute atomic E-state index is 12.7. The molecule has 0 atom stereocenters. The number of sulfonamides is 1. The maximum Gasteiger partial charge on any atom is 0.252 e. The number of piperidine rings is 1. The summed E-state index contributed by atoms with van der Waals surface area (Å²) in [4.78, 5) is 5.47. The molecule has 0 saturated carbocycles. The zero-order chi connectivity index (χ0) is 17.4. The Morgan fingerprint density at radius 3 is 2.64 bits per heavy atom. The second-order valence-corrected chi connectivity index (χ2v) is 10.1. The number of para-hydroxylation sites is 2. The summed E-state index contributed by atoms with van der Waals surface area (Å²) >= 11 is 1.35. The van der Waals surface area contributed by atoms with Gasteiger partial charge in [0.2, 0.25) is 0 Å². The number of aryl methyl sites for hydroxylation is 1. The van der Waals surface area contributed by atoms with Crippen LogP contribution in [0, 0.1) is 12.8 Å². The number of benzene rings is 1. The zero-order valence-electron chi connectivity index (χ0n) is 14.1. The Morgan fingerprint density at radius 2 is 1.92 bits per heavy atom. The van der Waals surface area contributed by atoms with Crippen molar-refractivity contribution >= 4 is 32.4 Å². The molecule has 1 aromatic carbocycles. The van der Waals surface area contributed by atoms with Gasteiger partial charge >= 0.3 is 0 Å².